The lowest BCUT2D eigenvalue weighted by atomic mass is 10.1. The highest BCUT2D eigenvalue weighted by Crippen LogP contribution is 2.30. The van der Waals surface area contributed by atoms with Crippen LogP contribution in [0.5, 0.6) is 5.75 Å². The number of carbonyl (C=O) groups is 2. The van der Waals surface area contributed by atoms with Gasteiger partial charge in [0.05, 0.1) is 5.69 Å². The number of thioether (sulfide) groups is 2. The van der Waals surface area contributed by atoms with Crippen molar-refractivity contribution in [1.82, 2.24) is 4.98 Å². The Morgan fingerprint density at radius 1 is 1.22 bits per heavy atom. The molecule has 0 aliphatic heterocycles. The first-order valence-corrected chi connectivity index (χ1v) is 7.32. The van der Waals surface area contributed by atoms with Gasteiger partial charge in [0, 0.05) is 37.1 Å². The number of carbonyl (C=O) groups excluding carboxylic acids is 2. The van der Waals surface area contributed by atoms with Gasteiger partial charge < -0.3 is 5.11 Å². The van der Waals surface area contributed by atoms with E-state index in [-0.39, 0.29) is 16.0 Å². The highest BCUT2D eigenvalue weighted by molar-refractivity contribution is 8.13. The highest BCUT2D eigenvalue weighted by atomic mass is 32.2. The molecule has 1 rings (SSSR count). The third kappa shape index (κ3) is 4.34. The second kappa shape index (κ2) is 6.80. The fourth-order valence-electron chi connectivity index (χ4n) is 1.32. The van der Waals surface area contributed by atoms with E-state index in [1.165, 1.54) is 13.8 Å². The summed E-state index contributed by atoms with van der Waals surface area (Å²) in [5, 5.41) is 9.98. The van der Waals surface area contributed by atoms with Crippen LogP contribution in [-0.2, 0) is 21.1 Å². The van der Waals surface area contributed by atoms with Crippen LogP contribution in [0.2, 0.25) is 0 Å². The number of aromatic hydroxyl groups is 1. The predicted molar refractivity (Wildman–Crippen MR) is 74.6 cm³/mol. The molecule has 1 heterocycles. The number of aromatic nitrogens is 1. The zero-order valence-corrected chi connectivity index (χ0v) is 12.2. The fourth-order valence-corrected chi connectivity index (χ4v) is 2.60. The molecule has 0 radical (unpaired) electrons. The molecule has 0 fully saturated rings. The van der Waals surface area contributed by atoms with Crippen molar-refractivity contribution < 1.29 is 14.7 Å². The Bertz CT molecular complexity index is 475. The normalized spacial score (nSPS) is 10.4. The Labute approximate surface area is 115 Å². The molecule has 18 heavy (non-hydrogen) atoms. The maximum atomic E-state index is 11.0. The van der Waals surface area contributed by atoms with Crippen LogP contribution >= 0.6 is 23.5 Å². The first kappa shape index (κ1) is 15.0. The number of hydrogen-bond donors (Lipinski definition) is 1. The molecule has 6 heteroatoms. The Kier molecular flexibility index (Phi) is 5.68. The van der Waals surface area contributed by atoms with Crippen LogP contribution in [0.4, 0.5) is 0 Å². The summed E-state index contributed by atoms with van der Waals surface area (Å²) in [5.74, 6) is 0.980. The van der Waals surface area contributed by atoms with Crippen LogP contribution < -0.4 is 0 Å². The van der Waals surface area contributed by atoms with Crippen LogP contribution in [0.3, 0.4) is 0 Å². The van der Waals surface area contributed by atoms with Gasteiger partial charge in [-0.25, -0.2) is 0 Å². The van der Waals surface area contributed by atoms with Gasteiger partial charge in [-0.2, -0.15) is 0 Å². The van der Waals surface area contributed by atoms with Crippen LogP contribution in [0.15, 0.2) is 6.20 Å². The molecule has 0 aliphatic carbocycles. The molecule has 0 aliphatic rings. The molecular weight excluding hydrogens is 270 g/mol. The molecule has 1 aromatic rings. The highest BCUT2D eigenvalue weighted by Gasteiger charge is 2.13. The summed E-state index contributed by atoms with van der Waals surface area (Å²) in [6.45, 7) is 4.69. The summed E-state index contributed by atoms with van der Waals surface area (Å²) in [6.07, 6.45) is 1.65. The van der Waals surface area contributed by atoms with Crippen molar-refractivity contribution in [2.75, 3.05) is 0 Å². The summed E-state index contributed by atoms with van der Waals surface area (Å²) < 4.78 is 0. The number of pyridine rings is 1. The topological polar surface area (TPSA) is 67.3 Å². The summed E-state index contributed by atoms with van der Waals surface area (Å²) in [7, 11) is 0. The van der Waals surface area contributed by atoms with Crippen molar-refractivity contribution in [3.8, 4) is 5.75 Å². The van der Waals surface area contributed by atoms with Crippen molar-refractivity contribution >= 4 is 33.8 Å². The monoisotopic (exact) mass is 285 g/mol. The Balaban J connectivity index is 2.96. The summed E-state index contributed by atoms with van der Waals surface area (Å²) >= 11 is 2.30. The SMILES string of the molecule is CC(=O)SCc1cnc(C)c(O)c1CSC(C)=O. The Morgan fingerprint density at radius 2 is 1.78 bits per heavy atom. The molecule has 0 amide bonds. The number of aryl methyl sites for hydroxylation is 1. The van der Waals surface area contributed by atoms with E-state index in [0.717, 1.165) is 29.1 Å². The van der Waals surface area contributed by atoms with Crippen molar-refractivity contribution in [3.63, 3.8) is 0 Å². The minimum absolute atomic E-state index is 0.00552. The minimum atomic E-state index is -0.00552. The van der Waals surface area contributed by atoms with Crippen molar-refractivity contribution in [2.24, 2.45) is 0 Å². The van der Waals surface area contributed by atoms with E-state index in [1.54, 1.807) is 13.1 Å². The van der Waals surface area contributed by atoms with E-state index >= 15 is 0 Å². The maximum Gasteiger partial charge on any atom is 0.186 e. The van der Waals surface area contributed by atoms with Gasteiger partial charge in [0.15, 0.2) is 10.2 Å². The third-order valence-corrected chi connectivity index (χ3v) is 3.98. The number of rotatable bonds is 4. The van der Waals surface area contributed by atoms with Crippen LogP contribution in [0, 0.1) is 6.92 Å². The lowest BCUT2D eigenvalue weighted by molar-refractivity contribution is -0.109. The van der Waals surface area contributed by atoms with Crippen LogP contribution in [0.25, 0.3) is 0 Å². The first-order chi connectivity index (χ1) is 8.41. The molecule has 0 atom stereocenters. The smallest absolute Gasteiger partial charge is 0.186 e. The quantitative estimate of drug-likeness (QED) is 0.917. The summed E-state index contributed by atoms with van der Waals surface area (Å²) in [4.78, 5) is 26.0. The van der Waals surface area contributed by atoms with Gasteiger partial charge in [-0.3, -0.25) is 14.6 Å². The van der Waals surface area contributed by atoms with Crippen molar-refractivity contribution in [3.05, 3.63) is 23.0 Å². The molecule has 98 valence electrons. The van der Waals surface area contributed by atoms with E-state index in [1.807, 2.05) is 0 Å². The van der Waals surface area contributed by atoms with E-state index in [2.05, 4.69) is 4.98 Å². The molecule has 0 bridgehead atoms. The van der Waals surface area contributed by atoms with Gasteiger partial charge in [-0.1, -0.05) is 23.5 Å². The zero-order valence-electron chi connectivity index (χ0n) is 10.5. The lowest BCUT2D eigenvalue weighted by Gasteiger charge is -2.11. The molecule has 1 aromatic heterocycles. The van der Waals surface area contributed by atoms with Gasteiger partial charge in [0.2, 0.25) is 0 Å². The first-order valence-electron chi connectivity index (χ1n) is 5.35. The molecule has 4 nitrogen and oxygen atoms in total. The molecule has 0 spiro atoms. The van der Waals surface area contributed by atoms with Gasteiger partial charge in [0.25, 0.3) is 0 Å². The lowest BCUT2D eigenvalue weighted by Crippen LogP contribution is -1.98. The molecule has 0 saturated carbocycles. The van der Waals surface area contributed by atoms with Gasteiger partial charge in [0.1, 0.15) is 5.75 Å². The third-order valence-electron chi connectivity index (χ3n) is 2.28. The minimum Gasteiger partial charge on any atom is -0.506 e. The zero-order chi connectivity index (χ0) is 13.7. The van der Waals surface area contributed by atoms with E-state index in [9.17, 15) is 14.7 Å². The molecule has 1 N–H and O–H groups in total. The van der Waals surface area contributed by atoms with Crippen LogP contribution in [-0.4, -0.2) is 20.3 Å². The second-order valence-corrected chi connectivity index (χ2v) is 6.06. The molecule has 0 aromatic carbocycles. The summed E-state index contributed by atoms with van der Waals surface area (Å²) in [6, 6.07) is 0. The van der Waals surface area contributed by atoms with Crippen molar-refractivity contribution in [2.45, 2.75) is 32.3 Å². The Morgan fingerprint density at radius 3 is 2.33 bits per heavy atom. The average Bonchev–Trinajstić information content (AvgIpc) is 2.29. The van der Waals surface area contributed by atoms with E-state index in [0.29, 0.717) is 22.8 Å². The standard InChI is InChI=1S/C12H15NO3S2/c1-7-12(16)11(6-18-9(3)15)10(4-13-7)5-17-8(2)14/h4,16H,5-6H2,1-3H3. The fraction of sp³-hybridized carbons (Fsp3) is 0.417. The van der Waals surface area contributed by atoms with Gasteiger partial charge in [-0.05, 0) is 12.5 Å². The summed E-state index contributed by atoms with van der Waals surface area (Å²) in [5.41, 5.74) is 2.02. The average molecular weight is 285 g/mol. The molecule has 0 saturated heterocycles. The van der Waals surface area contributed by atoms with E-state index in [4.69, 9.17) is 0 Å². The maximum absolute atomic E-state index is 11.0. The van der Waals surface area contributed by atoms with Crippen LogP contribution in [0.1, 0.15) is 30.7 Å². The Hall–Kier alpha value is -1.01. The second-order valence-electron chi connectivity index (χ2n) is 3.76. The van der Waals surface area contributed by atoms with Crippen molar-refractivity contribution in [1.29, 1.82) is 0 Å². The molecule has 0 unspecified atom stereocenters. The van der Waals surface area contributed by atoms with Gasteiger partial charge >= 0.3 is 0 Å². The predicted octanol–water partition coefficient (Wildman–Crippen LogP) is 2.66. The number of hydrogen-bond acceptors (Lipinski definition) is 6. The number of nitrogens with zero attached hydrogens (tertiary/aromatic N) is 1. The van der Waals surface area contributed by atoms with E-state index < -0.39 is 0 Å². The largest absolute Gasteiger partial charge is 0.506 e. The molecular formula is C12H15NO3S2. The van der Waals surface area contributed by atoms with Gasteiger partial charge in [-0.15, -0.1) is 0 Å².